The molecule has 0 aromatic carbocycles. The highest BCUT2D eigenvalue weighted by Gasteiger charge is 2.51. The van der Waals surface area contributed by atoms with Gasteiger partial charge in [-0.2, -0.15) is 0 Å². The number of rotatable bonds is 11. The molecule has 1 heterocycles. The van der Waals surface area contributed by atoms with Gasteiger partial charge in [0.05, 0.1) is 0 Å². The van der Waals surface area contributed by atoms with Crippen LogP contribution in [0, 0.1) is 0 Å². The zero-order chi connectivity index (χ0) is 22.7. The van der Waals surface area contributed by atoms with Gasteiger partial charge in [-0.3, -0.25) is 19.2 Å². The third kappa shape index (κ3) is 9.08. The summed E-state index contributed by atoms with van der Waals surface area (Å²) in [5.41, 5.74) is 0. The maximum atomic E-state index is 11.8. The Labute approximate surface area is 176 Å². The summed E-state index contributed by atoms with van der Waals surface area (Å²) >= 11 is 0. The van der Waals surface area contributed by atoms with Gasteiger partial charge in [0.1, 0.15) is 18.8 Å². The predicted molar refractivity (Wildman–Crippen MR) is 104 cm³/mol. The summed E-state index contributed by atoms with van der Waals surface area (Å²) in [5, 5.41) is 2.66. The standard InChI is InChI=1S/C20H33NO9/c1-6-7-8-9-10-26-20-17(21-12(2)22)19(29-15(5)25)18(28-14(4)24)16(30-20)11-27-13(3)23/h16-20H,6-11H2,1-5H3,(H,21,22). The van der Waals surface area contributed by atoms with Crippen molar-refractivity contribution in [1.29, 1.82) is 0 Å². The smallest absolute Gasteiger partial charge is 0.303 e. The fourth-order valence-electron chi connectivity index (χ4n) is 3.16. The molecular weight excluding hydrogens is 398 g/mol. The number of unbranched alkanes of at least 4 members (excludes halogenated alkanes) is 3. The summed E-state index contributed by atoms with van der Waals surface area (Å²) in [7, 11) is 0. The molecule has 5 unspecified atom stereocenters. The van der Waals surface area contributed by atoms with Crippen molar-refractivity contribution >= 4 is 23.8 Å². The summed E-state index contributed by atoms with van der Waals surface area (Å²) < 4.78 is 27.5. The minimum absolute atomic E-state index is 0.243. The van der Waals surface area contributed by atoms with E-state index >= 15 is 0 Å². The van der Waals surface area contributed by atoms with Crippen LogP contribution >= 0.6 is 0 Å². The van der Waals surface area contributed by atoms with E-state index in [2.05, 4.69) is 12.2 Å². The molecule has 1 N–H and O–H groups in total. The Balaban J connectivity index is 3.13. The van der Waals surface area contributed by atoms with Crippen LogP contribution in [-0.2, 0) is 42.9 Å². The van der Waals surface area contributed by atoms with Gasteiger partial charge in [0, 0.05) is 34.3 Å². The van der Waals surface area contributed by atoms with E-state index in [4.69, 9.17) is 23.7 Å². The van der Waals surface area contributed by atoms with Crippen LogP contribution in [0.2, 0.25) is 0 Å². The maximum absolute atomic E-state index is 11.8. The van der Waals surface area contributed by atoms with Gasteiger partial charge < -0.3 is 29.0 Å². The number of carbonyl (C=O) groups excluding carboxylic acids is 4. The lowest BCUT2D eigenvalue weighted by Crippen LogP contribution is -2.66. The largest absolute Gasteiger partial charge is 0.463 e. The molecular formula is C20H33NO9. The number of hydrogen-bond donors (Lipinski definition) is 1. The fourth-order valence-corrected chi connectivity index (χ4v) is 3.16. The van der Waals surface area contributed by atoms with Crippen LogP contribution < -0.4 is 5.32 Å². The molecule has 10 nitrogen and oxygen atoms in total. The number of hydrogen-bond acceptors (Lipinski definition) is 9. The van der Waals surface area contributed by atoms with Gasteiger partial charge in [0.15, 0.2) is 18.5 Å². The van der Waals surface area contributed by atoms with E-state index in [-0.39, 0.29) is 6.61 Å². The minimum atomic E-state index is -1.11. The Bertz CT molecular complexity index is 595. The molecule has 1 amide bonds. The van der Waals surface area contributed by atoms with Crippen LogP contribution in [0.4, 0.5) is 0 Å². The molecule has 0 aromatic rings. The first-order valence-electron chi connectivity index (χ1n) is 10.2. The highest BCUT2D eigenvalue weighted by atomic mass is 16.7. The molecule has 1 saturated heterocycles. The van der Waals surface area contributed by atoms with Crippen molar-refractivity contribution < 1.29 is 42.9 Å². The summed E-state index contributed by atoms with van der Waals surface area (Å²) in [6, 6.07) is -0.921. The SMILES string of the molecule is CCCCCCOC1OC(COC(C)=O)C(OC(C)=O)C(OC(C)=O)C1NC(C)=O. The van der Waals surface area contributed by atoms with Gasteiger partial charge in [-0.15, -0.1) is 0 Å². The van der Waals surface area contributed by atoms with Crippen LogP contribution in [0.1, 0.15) is 60.3 Å². The molecule has 5 atom stereocenters. The zero-order valence-corrected chi connectivity index (χ0v) is 18.3. The Morgan fingerprint density at radius 1 is 0.867 bits per heavy atom. The van der Waals surface area contributed by atoms with Crippen LogP contribution in [0.25, 0.3) is 0 Å². The number of carbonyl (C=O) groups is 4. The van der Waals surface area contributed by atoms with E-state index in [9.17, 15) is 19.2 Å². The van der Waals surface area contributed by atoms with Crippen LogP contribution in [0.15, 0.2) is 0 Å². The number of nitrogens with one attached hydrogen (secondary N) is 1. The highest BCUT2D eigenvalue weighted by molar-refractivity contribution is 5.73. The van der Waals surface area contributed by atoms with Gasteiger partial charge in [-0.1, -0.05) is 26.2 Å². The summed E-state index contributed by atoms with van der Waals surface area (Å²) in [4.78, 5) is 46.5. The second-order valence-corrected chi connectivity index (χ2v) is 7.15. The first-order chi connectivity index (χ1) is 14.1. The molecule has 172 valence electrons. The molecule has 0 spiro atoms. The first-order valence-corrected chi connectivity index (χ1v) is 10.2. The van der Waals surface area contributed by atoms with Crippen molar-refractivity contribution in [3.63, 3.8) is 0 Å². The quantitative estimate of drug-likeness (QED) is 0.292. The van der Waals surface area contributed by atoms with Crippen molar-refractivity contribution in [2.24, 2.45) is 0 Å². The van der Waals surface area contributed by atoms with E-state index in [1.807, 2.05) is 0 Å². The van der Waals surface area contributed by atoms with E-state index < -0.39 is 54.5 Å². The van der Waals surface area contributed by atoms with E-state index in [0.717, 1.165) is 25.7 Å². The maximum Gasteiger partial charge on any atom is 0.303 e. The Kier molecular flexibility index (Phi) is 11.3. The summed E-state index contributed by atoms with van der Waals surface area (Å²) in [6.45, 7) is 7.13. The molecule has 0 radical (unpaired) electrons. The Hall–Kier alpha value is -2.20. The average Bonchev–Trinajstić information content (AvgIpc) is 2.63. The second kappa shape index (κ2) is 13.2. The monoisotopic (exact) mass is 431 g/mol. The molecule has 1 aliphatic rings. The van der Waals surface area contributed by atoms with Crippen molar-refractivity contribution in [3.8, 4) is 0 Å². The highest BCUT2D eigenvalue weighted by Crippen LogP contribution is 2.28. The summed E-state index contributed by atoms with van der Waals surface area (Å²) in [6.07, 6.45) is -0.274. The molecule has 1 aliphatic heterocycles. The lowest BCUT2D eigenvalue weighted by Gasteiger charge is -2.44. The van der Waals surface area contributed by atoms with Crippen LogP contribution in [0.5, 0.6) is 0 Å². The minimum Gasteiger partial charge on any atom is -0.463 e. The molecule has 0 saturated carbocycles. The van der Waals surface area contributed by atoms with Gasteiger partial charge >= 0.3 is 17.9 Å². The van der Waals surface area contributed by atoms with Crippen molar-refractivity contribution in [1.82, 2.24) is 5.32 Å². The molecule has 0 aliphatic carbocycles. The molecule has 10 heteroatoms. The predicted octanol–water partition coefficient (Wildman–Crippen LogP) is 1.24. The van der Waals surface area contributed by atoms with Gasteiger partial charge in [-0.25, -0.2) is 0 Å². The Morgan fingerprint density at radius 2 is 1.50 bits per heavy atom. The molecule has 1 fully saturated rings. The van der Waals surface area contributed by atoms with Gasteiger partial charge in [-0.05, 0) is 6.42 Å². The number of amides is 1. The topological polar surface area (TPSA) is 126 Å². The Morgan fingerprint density at radius 3 is 2.03 bits per heavy atom. The van der Waals surface area contributed by atoms with Crippen molar-refractivity contribution in [2.45, 2.75) is 90.9 Å². The van der Waals surface area contributed by atoms with Crippen LogP contribution in [-0.4, -0.2) is 67.7 Å². The lowest BCUT2D eigenvalue weighted by molar-refractivity contribution is -0.277. The molecule has 1 rings (SSSR count). The number of esters is 3. The van der Waals surface area contributed by atoms with Gasteiger partial charge in [0.25, 0.3) is 0 Å². The van der Waals surface area contributed by atoms with Crippen molar-refractivity contribution in [3.05, 3.63) is 0 Å². The second-order valence-electron chi connectivity index (χ2n) is 7.15. The third-order valence-electron chi connectivity index (χ3n) is 4.35. The normalized spacial score (nSPS) is 25.8. The van der Waals surface area contributed by atoms with E-state index in [1.54, 1.807) is 0 Å². The van der Waals surface area contributed by atoms with Crippen molar-refractivity contribution in [2.75, 3.05) is 13.2 Å². The van der Waals surface area contributed by atoms with Gasteiger partial charge in [0.2, 0.25) is 5.91 Å². The van der Waals surface area contributed by atoms with E-state index in [0.29, 0.717) is 6.61 Å². The molecule has 0 bridgehead atoms. The zero-order valence-electron chi connectivity index (χ0n) is 18.3. The van der Waals surface area contributed by atoms with E-state index in [1.165, 1.54) is 27.7 Å². The molecule has 0 aromatic heterocycles. The van der Waals surface area contributed by atoms with Crippen LogP contribution in [0.3, 0.4) is 0 Å². The fraction of sp³-hybridized carbons (Fsp3) is 0.800. The first kappa shape index (κ1) is 25.8. The lowest BCUT2D eigenvalue weighted by atomic mass is 9.96. The summed E-state index contributed by atoms with van der Waals surface area (Å²) in [5.74, 6) is -2.23. The average molecular weight is 431 g/mol. The number of ether oxygens (including phenoxy) is 5. The molecule has 30 heavy (non-hydrogen) atoms. The third-order valence-corrected chi connectivity index (χ3v) is 4.35.